The number of benzene rings is 1. The first-order valence-electron chi connectivity index (χ1n) is 5.69. The van der Waals surface area contributed by atoms with Gasteiger partial charge in [-0.1, -0.05) is 0 Å². The van der Waals surface area contributed by atoms with Crippen LogP contribution in [0.2, 0.25) is 0 Å². The number of aryl methyl sites for hydroxylation is 1. The molecule has 0 bridgehead atoms. The smallest absolute Gasteiger partial charge is 0.273 e. The van der Waals surface area contributed by atoms with Crippen LogP contribution in [0.15, 0.2) is 41.1 Å². The number of hydrogen-bond donors (Lipinski definition) is 0. The van der Waals surface area contributed by atoms with Gasteiger partial charge in [-0.15, -0.1) is 0 Å². The van der Waals surface area contributed by atoms with E-state index in [1.807, 2.05) is 7.05 Å². The molecule has 0 aliphatic heterocycles. The highest BCUT2D eigenvalue weighted by molar-refractivity contribution is 9.10. The van der Waals surface area contributed by atoms with E-state index in [9.17, 15) is 14.9 Å². The van der Waals surface area contributed by atoms with Gasteiger partial charge < -0.3 is 9.30 Å². The molecule has 104 valence electrons. The normalized spacial score (nSPS) is 10.3. The second-order valence-electron chi connectivity index (χ2n) is 4.15. The van der Waals surface area contributed by atoms with Gasteiger partial charge in [-0.05, 0) is 28.1 Å². The molecule has 0 aliphatic carbocycles. The molecule has 1 aromatic carbocycles. The van der Waals surface area contributed by atoms with E-state index in [0.29, 0.717) is 10.0 Å². The zero-order chi connectivity index (χ0) is 14.7. The van der Waals surface area contributed by atoms with Crippen molar-refractivity contribution in [2.24, 2.45) is 7.05 Å². The molecular weight excluding hydrogens is 328 g/mol. The lowest BCUT2D eigenvalue weighted by Gasteiger charge is -2.06. The highest BCUT2D eigenvalue weighted by Crippen LogP contribution is 2.29. The predicted molar refractivity (Wildman–Crippen MR) is 76.0 cm³/mol. The molecule has 0 unspecified atom stereocenters. The molecule has 0 saturated heterocycles. The van der Waals surface area contributed by atoms with Gasteiger partial charge in [0.15, 0.2) is 6.61 Å². The van der Waals surface area contributed by atoms with Crippen LogP contribution in [0.4, 0.5) is 5.69 Å². The number of nitro groups is 1. The van der Waals surface area contributed by atoms with Crippen molar-refractivity contribution >= 4 is 27.4 Å². The third-order valence-corrected chi connectivity index (χ3v) is 3.29. The van der Waals surface area contributed by atoms with Crippen molar-refractivity contribution in [3.8, 4) is 5.75 Å². The van der Waals surface area contributed by atoms with Crippen molar-refractivity contribution in [3.63, 3.8) is 0 Å². The summed E-state index contributed by atoms with van der Waals surface area (Å²) in [5, 5.41) is 10.7. The molecule has 0 aliphatic rings. The van der Waals surface area contributed by atoms with Gasteiger partial charge in [0, 0.05) is 31.1 Å². The van der Waals surface area contributed by atoms with Crippen LogP contribution in [0.1, 0.15) is 10.4 Å². The monoisotopic (exact) mass is 338 g/mol. The number of halogens is 1. The van der Waals surface area contributed by atoms with Gasteiger partial charge in [0.05, 0.1) is 15.5 Å². The van der Waals surface area contributed by atoms with Crippen molar-refractivity contribution in [2.75, 3.05) is 6.61 Å². The Bertz CT molecular complexity index is 666. The summed E-state index contributed by atoms with van der Waals surface area (Å²) < 4.78 is 7.66. The molecule has 0 saturated carbocycles. The van der Waals surface area contributed by atoms with Crippen molar-refractivity contribution in [3.05, 3.63) is 56.8 Å². The number of aromatic nitrogens is 1. The first-order chi connectivity index (χ1) is 9.47. The molecule has 0 amide bonds. The second kappa shape index (κ2) is 5.87. The highest BCUT2D eigenvalue weighted by Gasteiger charge is 2.13. The molecule has 2 aromatic rings. The van der Waals surface area contributed by atoms with E-state index in [0.717, 1.165) is 0 Å². The Kier molecular flexibility index (Phi) is 4.19. The number of hydrogen-bond acceptors (Lipinski definition) is 4. The van der Waals surface area contributed by atoms with Crippen molar-refractivity contribution in [1.29, 1.82) is 0 Å². The Morgan fingerprint density at radius 3 is 2.80 bits per heavy atom. The van der Waals surface area contributed by atoms with Gasteiger partial charge in [0.25, 0.3) is 5.69 Å². The quantitative estimate of drug-likeness (QED) is 0.477. The minimum atomic E-state index is -0.516. The van der Waals surface area contributed by atoms with Crippen LogP contribution < -0.4 is 4.74 Å². The molecule has 0 spiro atoms. The number of rotatable bonds is 5. The molecule has 0 N–H and O–H groups in total. The number of ketones is 1. The van der Waals surface area contributed by atoms with Gasteiger partial charge in [0.1, 0.15) is 5.75 Å². The van der Waals surface area contributed by atoms with Gasteiger partial charge >= 0.3 is 0 Å². The SMILES string of the molecule is Cn1ccc(C(=O)COc2cc([N+](=O)[O-])ccc2Br)c1. The zero-order valence-electron chi connectivity index (χ0n) is 10.6. The fourth-order valence-corrected chi connectivity index (χ4v) is 1.97. The lowest BCUT2D eigenvalue weighted by atomic mass is 10.2. The van der Waals surface area contributed by atoms with Gasteiger partial charge in [-0.25, -0.2) is 0 Å². The average Bonchev–Trinajstić information content (AvgIpc) is 2.84. The number of nitrogens with zero attached hydrogens (tertiary/aromatic N) is 2. The summed E-state index contributed by atoms with van der Waals surface area (Å²) >= 11 is 3.23. The van der Waals surface area contributed by atoms with Crippen LogP contribution in [0.3, 0.4) is 0 Å². The predicted octanol–water partition coefficient (Wildman–Crippen LogP) is 2.96. The van der Waals surface area contributed by atoms with Crippen molar-refractivity contribution in [1.82, 2.24) is 4.57 Å². The fraction of sp³-hybridized carbons (Fsp3) is 0.154. The van der Waals surface area contributed by atoms with E-state index >= 15 is 0 Å². The summed E-state index contributed by atoms with van der Waals surface area (Å²) in [6.07, 6.45) is 3.45. The molecule has 0 atom stereocenters. The number of carbonyl (C=O) groups is 1. The summed E-state index contributed by atoms with van der Waals surface area (Å²) in [6, 6.07) is 5.84. The fourth-order valence-electron chi connectivity index (χ4n) is 1.61. The van der Waals surface area contributed by atoms with Crippen molar-refractivity contribution in [2.45, 2.75) is 0 Å². The molecule has 2 rings (SSSR count). The molecule has 0 fully saturated rings. The zero-order valence-corrected chi connectivity index (χ0v) is 12.2. The Morgan fingerprint density at radius 2 is 2.20 bits per heavy atom. The van der Waals surface area contributed by atoms with Crippen LogP contribution in [-0.4, -0.2) is 21.9 Å². The average molecular weight is 339 g/mol. The van der Waals surface area contributed by atoms with Crippen LogP contribution in [0, 0.1) is 10.1 Å². The van der Waals surface area contributed by atoms with Crippen LogP contribution in [-0.2, 0) is 7.05 Å². The number of non-ortho nitro benzene ring substituents is 1. The number of nitro benzene ring substituents is 1. The maximum absolute atomic E-state index is 11.9. The van der Waals surface area contributed by atoms with E-state index < -0.39 is 4.92 Å². The molecule has 1 aromatic heterocycles. The van der Waals surface area contributed by atoms with Crippen LogP contribution in [0.25, 0.3) is 0 Å². The summed E-state index contributed by atoms with van der Waals surface area (Å²) in [7, 11) is 1.81. The number of ether oxygens (including phenoxy) is 1. The lowest BCUT2D eigenvalue weighted by molar-refractivity contribution is -0.384. The van der Waals surface area contributed by atoms with E-state index in [4.69, 9.17) is 4.74 Å². The Morgan fingerprint density at radius 1 is 1.45 bits per heavy atom. The molecule has 20 heavy (non-hydrogen) atoms. The number of carbonyl (C=O) groups excluding carboxylic acids is 1. The molecule has 7 heteroatoms. The summed E-state index contributed by atoms with van der Waals surface area (Å²) in [5.41, 5.74) is 0.449. The maximum atomic E-state index is 11.9. The third kappa shape index (κ3) is 3.24. The van der Waals surface area contributed by atoms with E-state index in [1.54, 1.807) is 23.0 Å². The lowest BCUT2D eigenvalue weighted by Crippen LogP contribution is -2.11. The topological polar surface area (TPSA) is 74.4 Å². The Hall–Kier alpha value is -2.15. The summed E-state index contributed by atoms with van der Waals surface area (Å²) in [6.45, 7) is -0.177. The first kappa shape index (κ1) is 14.3. The minimum Gasteiger partial charge on any atom is -0.484 e. The molecule has 0 radical (unpaired) electrons. The number of Topliss-reactive ketones (excluding diaryl/α,β-unsaturated/α-hetero) is 1. The maximum Gasteiger partial charge on any atom is 0.273 e. The molecule has 1 heterocycles. The van der Waals surface area contributed by atoms with E-state index in [-0.39, 0.29) is 23.8 Å². The summed E-state index contributed by atoms with van der Waals surface area (Å²) in [5.74, 6) is 0.0764. The highest BCUT2D eigenvalue weighted by atomic mass is 79.9. The van der Waals surface area contributed by atoms with Crippen LogP contribution >= 0.6 is 15.9 Å². The van der Waals surface area contributed by atoms with Crippen LogP contribution in [0.5, 0.6) is 5.75 Å². The van der Waals surface area contributed by atoms with E-state index in [2.05, 4.69) is 15.9 Å². The first-order valence-corrected chi connectivity index (χ1v) is 6.48. The Balaban J connectivity index is 2.09. The Labute approximate surface area is 123 Å². The van der Waals surface area contributed by atoms with E-state index in [1.165, 1.54) is 18.2 Å². The molecule has 6 nitrogen and oxygen atoms in total. The van der Waals surface area contributed by atoms with Gasteiger partial charge in [0.2, 0.25) is 5.78 Å². The molecular formula is C13H11BrN2O4. The second-order valence-corrected chi connectivity index (χ2v) is 5.00. The standard InChI is InChI=1S/C13H11BrN2O4/c1-15-5-4-9(7-15)12(17)8-20-13-6-10(16(18)19)2-3-11(13)14/h2-7H,8H2,1H3. The van der Waals surface area contributed by atoms with Gasteiger partial charge in [-0.2, -0.15) is 0 Å². The third-order valence-electron chi connectivity index (χ3n) is 2.64. The minimum absolute atomic E-state index is 0.0876. The van der Waals surface area contributed by atoms with Crippen molar-refractivity contribution < 1.29 is 14.5 Å². The largest absolute Gasteiger partial charge is 0.484 e. The van der Waals surface area contributed by atoms with Gasteiger partial charge in [-0.3, -0.25) is 14.9 Å². The summed E-state index contributed by atoms with van der Waals surface area (Å²) in [4.78, 5) is 22.1.